The number of carbonyl (C=O) groups excluding carboxylic acids is 3. The van der Waals surface area contributed by atoms with Gasteiger partial charge in [-0.15, -0.1) is 0 Å². The van der Waals surface area contributed by atoms with Crippen LogP contribution in [0.1, 0.15) is 53.6 Å². The number of imide groups is 1. The van der Waals surface area contributed by atoms with Crippen LogP contribution in [0, 0.1) is 0 Å². The molecule has 3 amide bonds. The van der Waals surface area contributed by atoms with Crippen molar-refractivity contribution in [3.05, 3.63) is 53.1 Å². The Morgan fingerprint density at radius 1 is 1.12 bits per heavy atom. The van der Waals surface area contributed by atoms with E-state index in [-0.39, 0.29) is 24.2 Å². The lowest BCUT2D eigenvalue weighted by Gasteiger charge is -2.27. The Balaban J connectivity index is 0.00000385. The van der Waals surface area contributed by atoms with Crippen LogP contribution in [0.15, 0.2) is 36.4 Å². The van der Waals surface area contributed by atoms with E-state index in [2.05, 4.69) is 5.32 Å². The SMILES string of the molecule is C.CCOc1cc([C@@H](CS(C)(=O)=O)N2C(=O)c3cccc(NC(C)=O)c3C2=O)ccc1OC. The lowest BCUT2D eigenvalue weighted by Crippen LogP contribution is -2.37. The number of rotatable bonds is 8. The van der Waals surface area contributed by atoms with Gasteiger partial charge in [-0.1, -0.05) is 19.6 Å². The van der Waals surface area contributed by atoms with E-state index in [1.807, 2.05) is 0 Å². The fourth-order valence-corrected chi connectivity index (χ4v) is 4.57. The number of anilines is 1. The fourth-order valence-electron chi connectivity index (χ4n) is 3.66. The third kappa shape index (κ3) is 5.33. The predicted octanol–water partition coefficient (Wildman–Crippen LogP) is 3.07. The Kier molecular flexibility index (Phi) is 7.86. The molecule has 0 spiro atoms. The van der Waals surface area contributed by atoms with Gasteiger partial charge in [-0.25, -0.2) is 8.42 Å². The second-order valence-electron chi connectivity index (χ2n) is 7.34. The molecule has 0 fully saturated rings. The van der Waals surface area contributed by atoms with Gasteiger partial charge in [0.15, 0.2) is 11.5 Å². The average Bonchev–Trinajstić information content (AvgIpc) is 2.96. The summed E-state index contributed by atoms with van der Waals surface area (Å²) in [6.45, 7) is 3.41. The second kappa shape index (κ2) is 10.0. The smallest absolute Gasteiger partial charge is 0.264 e. The highest BCUT2D eigenvalue weighted by Gasteiger charge is 2.43. The summed E-state index contributed by atoms with van der Waals surface area (Å²) in [7, 11) is -2.13. The maximum absolute atomic E-state index is 13.3. The molecule has 3 rings (SSSR count). The van der Waals surface area contributed by atoms with Gasteiger partial charge in [-0.3, -0.25) is 19.3 Å². The molecular weight excluding hydrogens is 448 g/mol. The molecule has 1 aliphatic heterocycles. The highest BCUT2D eigenvalue weighted by molar-refractivity contribution is 7.90. The minimum Gasteiger partial charge on any atom is -0.493 e. The summed E-state index contributed by atoms with van der Waals surface area (Å²) in [6, 6.07) is 8.18. The van der Waals surface area contributed by atoms with Crippen LogP contribution in [0.3, 0.4) is 0 Å². The third-order valence-electron chi connectivity index (χ3n) is 4.90. The van der Waals surface area contributed by atoms with Gasteiger partial charge in [-0.05, 0) is 36.8 Å². The highest BCUT2D eigenvalue weighted by Crippen LogP contribution is 2.38. The summed E-state index contributed by atoms with van der Waals surface area (Å²) >= 11 is 0. The number of carbonyl (C=O) groups is 3. The van der Waals surface area contributed by atoms with Crippen molar-refractivity contribution in [3.63, 3.8) is 0 Å². The van der Waals surface area contributed by atoms with Crippen molar-refractivity contribution in [3.8, 4) is 11.5 Å². The first-order valence-corrected chi connectivity index (χ1v) is 11.9. The number of sulfone groups is 1. The minimum atomic E-state index is -3.60. The van der Waals surface area contributed by atoms with Crippen LogP contribution in [0.4, 0.5) is 5.69 Å². The first kappa shape index (κ1) is 25.9. The number of methoxy groups -OCH3 is 1. The van der Waals surface area contributed by atoms with Gasteiger partial charge in [0.05, 0.1) is 42.3 Å². The molecule has 0 saturated heterocycles. The standard InChI is InChI=1S/C22H24N2O7S.CH4/c1-5-31-19-11-14(9-10-18(19)30-3)17(12-32(4,28)29)24-21(26)15-7-6-8-16(23-13(2)25)20(15)22(24)27;/h6-11,17H,5,12H2,1-4H3,(H,23,25);1H4/t17-;/m1./s1. The first-order chi connectivity index (χ1) is 15.1. The molecule has 2 aromatic rings. The van der Waals surface area contributed by atoms with Crippen LogP contribution in [0.2, 0.25) is 0 Å². The molecule has 1 atom stereocenters. The monoisotopic (exact) mass is 476 g/mol. The molecule has 0 radical (unpaired) electrons. The van der Waals surface area contributed by atoms with Crippen LogP contribution in [0.5, 0.6) is 11.5 Å². The van der Waals surface area contributed by atoms with Gasteiger partial charge in [0.1, 0.15) is 9.84 Å². The van der Waals surface area contributed by atoms with Gasteiger partial charge in [0.2, 0.25) is 5.91 Å². The Labute approximate surface area is 193 Å². The molecule has 0 aliphatic carbocycles. The molecular formula is C23H28N2O7S. The summed E-state index contributed by atoms with van der Waals surface area (Å²) in [6.07, 6.45) is 1.04. The van der Waals surface area contributed by atoms with Crippen LogP contribution in [-0.4, -0.2) is 56.8 Å². The summed E-state index contributed by atoms with van der Waals surface area (Å²) in [5.74, 6) is -1.41. The first-order valence-electron chi connectivity index (χ1n) is 9.84. The van der Waals surface area contributed by atoms with Crippen LogP contribution < -0.4 is 14.8 Å². The molecule has 1 aliphatic rings. The van der Waals surface area contributed by atoms with Gasteiger partial charge >= 0.3 is 0 Å². The van der Waals surface area contributed by atoms with Crippen molar-refractivity contribution >= 4 is 33.2 Å². The molecule has 0 saturated carbocycles. The summed E-state index contributed by atoms with van der Waals surface area (Å²) in [5.41, 5.74) is 0.719. The van der Waals surface area contributed by atoms with Crippen molar-refractivity contribution in [2.45, 2.75) is 27.3 Å². The zero-order chi connectivity index (χ0) is 23.6. The molecule has 9 nitrogen and oxygen atoms in total. The van der Waals surface area contributed by atoms with Crippen molar-refractivity contribution in [1.29, 1.82) is 0 Å². The van der Waals surface area contributed by atoms with E-state index in [1.165, 1.54) is 26.2 Å². The zero-order valence-electron chi connectivity index (χ0n) is 18.2. The van der Waals surface area contributed by atoms with Crippen LogP contribution in [-0.2, 0) is 14.6 Å². The molecule has 178 valence electrons. The number of nitrogens with zero attached hydrogens (tertiary/aromatic N) is 1. The summed E-state index contributed by atoms with van der Waals surface area (Å²) in [5, 5.41) is 2.55. The maximum Gasteiger partial charge on any atom is 0.264 e. The number of hydrogen-bond acceptors (Lipinski definition) is 7. The number of benzene rings is 2. The summed E-state index contributed by atoms with van der Waals surface area (Å²) in [4.78, 5) is 39.1. The normalized spacial score (nSPS) is 13.8. The van der Waals surface area contributed by atoms with E-state index in [0.29, 0.717) is 23.7 Å². The highest BCUT2D eigenvalue weighted by atomic mass is 32.2. The molecule has 2 aromatic carbocycles. The Bertz CT molecular complexity index is 1190. The van der Waals surface area contributed by atoms with Gasteiger partial charge in [-0.2, -0.15) is 0 Å². The molecule has 0 unspecified atom stereocenters. The third-order valence-corrected chi connectivity index (χ3v) is 5.82. The van der Waals surface area contributed by atoms with E-state index < -0.39 is 39.4 Å². The van der Waals surface area contributed by atoms with E-state index >= 15 is 0 Å². The van der Waals surface area contributed by atoms with E-state index in [0.717, 1.165) is 11.2 Å². The second-order valence-corrected chi connectivity index (χ2v) is 9.53. The molecule has 10 heteroatoms. The lowest BCUT2D eigenvalue weighted by molar-refractivity contribution is -0.114. The van der Waals surface area contributed by atoms with Crippen LogP contribution >= 0.6 is 0 Å². The fraction of sp³-hybridized carbons (Fsp3) is 0.348. The predicted molar refractivity (Wildman–Crippen MR) is 125 cm³/mol. The maximum atomic E-state index is 13.3. The number of amides is 3. The Hall–Kier alpha value is -3.40. The Morgan fingerprint density at radius 3 is 2.39 bits per heavy atom. The number of fused-ring (bicyclic) bond motifs is 1. The average molecular weight is 477 g/mol. The summed E-state index contributed by atoms with van der Waals surface area (Å²) < 4.78 is 35.3. The number of hydrogen-bond donors (Lipinski definition) is 1. The van der Waals surface area contributed by atoms with Crippen molar-refractivity contribution in [1.82, 2.24) is 4.90 Å². The van der Waals surface area contributed by atoms with Gasteiger partial charge in [0.25, 0.3) is 11.8 Å². The van der Waals surface area contributed by atoms with Gasteiger partial charge in [0, 0.05) is 13.2 Å². The lowest BCUT2D eigenvalue weighted by atomic mass is 10.1. The zero-order valence-corrected chi connectivity index (χ0v) is 19.0. The van der Waals surface area contributed by atoms with Crippen LogP contribution in [0.25, 0.3) is 0 Å². The molecule has 1 N–H and O–H groups in total. The van der Waals surface area contributed by atoms with Gasteiger partial charge < -0.3 is 14.8 Å². The van der Waals surface area contributed by atoms with Crippen molar-refractivity contribution in [2.75, 3.05) is 31.0 Å². The van der Waals surface area contributed by atoms with E-state index in [9.17, 15) is 22.8 Å². The van der Waals surface area contributed by atoms with E-state index in [4.69, 9.17) is 9.47 Å². The largest absolute Gasteiger partial charge is 0.493 e. The topological polar surface area (TPSA) is 119 Å². The van der Waals surface area contributed by atoms with Crippen molar-refractivity contribution < 1.29 is 32.3 Å². The van der Waals surface area contributed by atoms with Crippen molar-refractivity contribution in [2.24, 2.45) is 0 Å². The quantitative estimate of drug-likeness (QED) is 0.582. The number of ether oxygens (including phenoxy) is 2. The Morgan fingerprint density at radius 2 is 1.82 bits per heavy atom. The molecule has 33 heavy (non-hydrogen) atoms. The number of nitrogens with one attached hydrogen (secondary N) is 1. The van der Waals surface area contributed by atoms with E-state index in [1.54, 1.807) is 31.2 Å². The molecule has 0 aromatic heterocycles. The molecule has 0 bridgehead atoms. The minimum absolute atomic E-state index is 0. The molecule has 1 heterocycles.